The number of furan rings is 1. The maximum absolute atomic E-state index is 13.0. The lowest BCUT2D eigenvalue weighted by Crippen LogP contribution is -2.40. The SMILES string of the molecule is COc1ccc(C(CNC(=O)c2oc3ccc(Br)cc3c2C)N2CCCCC2)cc1. The molecule has 5 nitrogen and oxygen atoms in total. The highest BCUT2D eigenvalue weighted by Crippen LogP contribution is 2.29. The van der Waals surface area contributed by atoms with Crippen molar-refractivity contribution in [2.45, 2.75) is 32.2 Å². The van der Waals surface area contributed by atoms with Crippen LogP contribution in [0.3, 0.4) is 0 Å². The van der Waals surface area contributed by atoms with Crippen LogP contribution in [0, 0.1) is 6.92 Å². The molecule has 158 valence electrons. The van der Waals surface area contributed by atoms with E-state index in [1.807, 2.05) is 37.3 Å². The Morgan fingerprint density at radius 3 is 2.60 bits per heavy atom. The lowest BCUT2D eigenvalue weighted by Gasteiger charge is -2.35. The van der Waals surface area contributed by atoms with Crippen molar-refractivity contribution >= 4 is 32.8 Å². The third kappa shape index (κ3) is 4.40. The second-order valence-corrected chi connectivity index (χ2v) is 8.71. The summed E-state index contributed by atoms with van der Waals surface area (Å²) in [5.41, 5.74) is 2.77. The molecule has 2 aromatic carbocycles. The zero-order valence-electron chi connectivity index (χ0n) is 17.4. The summed E-state index contributed by atoms with van der Waals surface area (Å²) in [6.07, 6.45) is 3.66. The van der Waals surface area contributed by atoms with Gasteiger partial charge in [0, 0.05) is 22.0 Å². The molecule has 0 saturated carbocycles. The molecule has 0 aliphatic carbocycles. The van der Waals surface area contributed by atoms with Gasteiger partial charge in [-0.15, -0.1) is 0 Å². The molecule has 30 heavy (non-hydrogen) atoms. The van der Waals surface area contributed by atoms with Gasteiger partial charge >= 0.3 is 0 Å². The van der Waals surface area contributed by atoms with E-state index < -0.39 is 0 Å². The second kappa shape index (κ2) is 9.23. The minimum Gasteiger partial charge on any atom is -0.497 e. The number of nitrogens with one attached hydrogen (secondary N) is 1. The van der Waals surface area contributed by atoms with Gasteiger partial charge in [-0.2, -0.15) is 0 Å². The Balaban J connectivity index is 1.54. The first-order valence-corrected chi connectivity index (χ1v) is 11.2. The number of halogens is 1. The summed E-state index contributed by atoms with van der Waals surface area (Å²) >= 11 is 3.49. The molecule has 6 heteroatoms. The number of likely N-dealkylation sites (tertiary alicyclic amines) is 1. The highest BCUT2D eigenvalue weighted by molar-refractivity contribution is 9.10. The van der Waals surface area contributed by atoms with Gasteiger partial charge in [0.15, 0.2) is 5.76 Å². The molecule has 2 heterocycles. The molecule has 1 saturated heterocycles. The van der Waals surface area contributed by atoms with E-state index in [4.69, 9.17) is 9.15 Å². The highest BCUT2D eigenvalue weighted by atomic mass is 79.9. The average molecular weight is 471 g/mol. The lowest BCUT2D eigenvalue weighted by molar-refractivity contribution is 0.0898. The minimum absolute atomic E-state index is 0.124. The van der Waals surface area contributed by atoms with Gasteiger partial charge in [0.1, 0.15) is 11.3 Å². The number of aryl methyl sites for hydroxylation is 1. The molecule has 1 aromatic heterocycles. The van der Waals surface area contributed by atoms with E-state index in [1.54, 1.807) is 7.11 Å². The summed E-state index contributed by atoms with van der Waals surface area (Å²) in [6, 6.07) is 14.1. The number of rotatable bonds is 6. The van der Waals surface area contributed by atoms with Gasteiger partial charge < -0.3 is 14.5 Å². The normalized spacial score (nSPS) is 15.8. The molecule has 4 rings (SSSR count). The Morgan fingerprint density at radius 2 is 1.90 bits per heavy atom. The largest absolute Gasteiger partial charge is 0.497 e. The van der Waals surface area contributed by atoms with Crippen LogP contribution in [-0.2, 0) is 0 Å². The number of piperidine rings is 1. The number of methoxy groups -OCH3 is 1. The summed E-state index contributed by atoms with van der Waals surface area (Å²) < 4.78 is 12.1. The summed E-state index contributed by atoms with van der Waals surface area (Å²) in [5.74, 6) is 1.05. The first-order chi connectivity index (χ1) is 14.6. The van der Waals surface area contributed by atoms with E-state index in [2.05, 4.69) is 38.3 Å². The fourth-order valence-electron chi connectivity index (χ4n) is 4.19. The zero-order chi connectivity index (χ0) is 21.1. The molecular formula is C24H27BrN2O3. The van der Waals surface area contributed by atoms with Crippen LogP contribution in [0.25, 0.3) is 11.0 Å². The van der Waals surface area contributed by atoms with E-state index in [-0.39, 0.29) is 11.9 Å². The minimum atomic E-state index is -0.171. The van der Waals surface area contributed by atoms with Gasteiger partial charge in [0.2, 0.25) is 0 Å². The van der Waals surface area contributed by atoms with Crippen molar-refractivity contribution in [1.29, 1.82) is 0 Å². The topological polar surface area (TPSA) is 54.7 Å². The van der Waals surface area contributed by atoms with Gasteiger partial charge in [-0.1, -0.05) is 34.5 Å². The first kappa shape index (κ1) is 20.9. The van der Waals surface area contributed by atoms with Crippen LogP contribution in [0.2, 0.25) is 0 Å². The number of amides is 1. The van der Waals surface area contributed by atoms with E-state index in [1.165, 1.54) is 24.8 Å². The van der Waals surface area contributed by atoms with Crippen LogP contribution >= 0.6 is 15.9 Å². The van der Waals surface area contributed by atoms with Gasteiger partial charge in [0.05, 0.1) is 13.2 Å². The van der Waals surface area contributed by atoms with Gasteiger partial charge in [-0.05, 0) is 68.8 Å². The molecular weight excluding hydrogens is 444 g/mol. The lowest BCUT2D eigenvalue weighted by atomic mass is 10.0. The van der Waals surface area contributed by atoms with Crippen molar-refractivity contribution < 1.29 is 13.9 Å². The van der Waals surface area contributed by atoms with E-state index in [0.717, 1.165) is 39.8 Å². The molecule has 0 radical (unpaired) electrons. The molecule has 0 spiro atoms. The van der Waals surface area contributed by atoms with Gasteiger partial charge in [-0.25, -0.2) is 0 Å². The Morgan fingerprint density at radius 1 is 1.17 bits per heavy atom. The Bertz CT molecular complexity index is 1020. The molecule has 1 aliphatic heterocycles. The number of carbonyl (C=O) groups excluding carboxylic acids is 1. The number of fused-ring (bicyclic) bond motifs is 1. The standard InChI is InChI=1S/C24H27BrN2O3/c1-16-20-14-18(25)8-11-22(20)30-23(16)24(28)26-15-21(27-12-4-3-5-13-27)17-6-9-19(29-2)10-7-17/h6-11,14,21H,3-5,12-13,15H2,1-2H3,(H,26,28). The fourth-order valence-corrected chi connectivity index (χ4v) is 4.55. The number of carbonyl (C=O) groups is 1. The molecule has 1 N–H and O–H groups in total. The van der Waals surface area contributed by atoms with Crippen LogP contribution in [-0.4, -0.2) is 37.6 Å². The molecule has 1 unspecified atom stereocenters. The smallest absolute Gasteiger partial charge is 0.287 e. The number of nitrogens with zero attached hydrogens (tertiary/aromatic N) is 1. The summed E-state index contributed by atoms with van der Waals surface area (Å²) in [4.78, 5) is 15.5. The average Bonchev–Trinajstić information content (AvgIpc) is 3.11. The summed E-state index contributed by atoms with van der Waals surface area (Å²) in [7, 11) is 1.67. The van der Waals surface area contributed by atoms with Crippen LogP contribution in [0.1, 0.15) is 47.0 Å². The monoisotopic (exact) mass is 470 g/mol. The number of hydrogen-bond donors (Lipinski definition) is 1. The van der Waals surface area contributed by atoms with Crippen molar-refractivity contribution in [3.05, 3.63) is 63.8 Å². The maximum atomic E-state index is 13.0. The van der Waals surface area contributed by atoms with Crippen molar-refractivity contribution in [3.8, 4) is 5.75 Å². The van der Waals surface area contributed by atoms with Crippen molar-refractivity contribution in [3.63, 3.8) is 0 Å². The summed E-state index contributed by atoms with van der Waals surface area (Å²) in [5, 5.41) is 4.08. The quantitative estimate of drug-likeness (QED) is 0.518. The molecule has 1 aliphatic rings. The molecule has 1 atom stereocenters. The Kier molecular flexibility index (Phi) is 6.44. The molecule has 1 amide bonds. The molecule has 1 fully saturated rings. The van der Waals surface area contributed by atoms with Crippen LogP contribution in [0.15, 0.2) is 51.4 Å². The van der Waals surface area contributed by atoms with Crippen LogP contribution in [0.4, 0.5) is 0 Å². The van der Waals surface area contributed by atoms with E-state index in [0.29, 0.717) is 12.3 Å². The second-order valence-electron chi connectivity index (χ2n) is 7.79. The van der Waals surface area contributed by atoms with Crippen molar-refractivity contribution in [2.24, 2.45) is 0 Å². The van der Waals surface area contributed by atoms with Crippen molar-refractivity contribution in [1.82, 2.24) is 10.2 Å². The zero-order valence-corrected chi connectivity index (χ0v) is 19.0. The molecule has 0 bridgehead atoms. The Hall–Kier alpha value is -2.31. The van der Waals surface area contributed by atoms with Crippen LogP contribution < -0.4 is 10.1 Å². The third-order valence-corrected chi connectivity index (χ3v) is 6.39. The highest BCUT2D eigenvalue weighted by Gasteiger charge is 2.25. The van der Waals surface area contributed by atoms with E-state index >= 15 is 0 Å². The number of ether oxygens (including phenoxy) is 1. The molecule has 3 aromatic rings. The number of benzene rings is 2. The van der Waals surface area contributed by atoms with Gasteiger partial charge in [-0.3, -0.25) is 9.69 Å². The third-order valence-electron chi connectivity index (χ3n) is 5.89. The fraction of sp³-hybridized carbons (Fsp3) is 0.375. The summed E-state index contributed by atoms with van der Waals surface area (Å²) in [6.45, 7) is 4.55. The van der Waals surface area contributed by atoms with Crippen molar-refractivity contribution in [2.75, 3.05) is 26.7 Å². The number of hydrogen-bond acceptors (Lipinski definition) is 4. The first-order valence-electron chi connectivity index (χ1n) is 10.4. The predicted octanol–water partition coefficient (Wildman–Crippen LogP) is 5.47. The van der Waals surface area contributed by atoms with Gasteiger partial charge in [0.25, 0.3) is 5.91 Å². The van der Waals surface area contributed by atoms with Crippen LogP contribution in [0.5, 0.6) is 5.75 Å². The maximum Gasteiger partial charge on any atom is 0.287 e. The van der Waals surface area contributed by atoms with E-state index in [9.17, 15) is 4.79 Å². The predicted molar refractivity (Wildman–Crippen MR) is 122 cm³/mol. The Labute approximate surface area is 185 Å².